The van der Waals surface area contributed by atoms with Gasteiger partial charge >= 0.3 is 6.09 Å². The molecule has 0 aliphatic heterocycles. The number of carbonyl (C=O) groups is 2. The lowest BCUT2D eigenvalue weighted by Crippen LogP contribution is -2.21. The lowest BCUT2D eigenvalue weighted by Gasteiger charge is -2.09. The lowest BCUT2D eigenvalue weighted by atomic mass is 10.1. The summed E-state index contributed by atoms with van der Waals surface area (Å²) >= 11 is 5.78. The monoisotopic (exact) mass is 332 g/mol. The van der Waals surface area contributed by atoms with Gasteiger partial charge in [0.05, 0.1) is 6.54 Å². The van der Waals surface area contributed by atoms with E-state index in [1.165, 1.54) is 0 Å². The van der Waals surface area contributed by atoms with Gasteiger partial charge in [0.15, 0.2) is 5.78 Å². The van der Waals surface area contributed by atoms with E-state index in [2.05, 4.69) is 5.32 Å². The van der Waals surface area contributed by atoms with Crippen molar-refractivity contribution < 1.29 is 14.3 Å². The second kappa shape index (κ2) is 7.76. The van der Waals surface area contributed by atoms with Crippen molar-refractivity contribution in [1.82, 2.24) is 4.90 Å². The van der Waals surface area contributed by atoms with E-state index in [1.54, 1.807) is 53.4 Å². The van der Waals surface area contributed by atoms with E-state index in [1.807, 2.05) is 14.1 Å². The van der Waals surface area contributed by atoms with Crippen molar-refractivity contribution in [3.8, 4) is 5.75 Å². The topological polar surface area (TPSA) is 58.6 Å². The standard InChI is InChI=1S/C17H17ClN2O3/c1-20(2)11-16(21)12-3-9-15(10-4-12)23-17(22)19-14-7-5-13(18)6-8-14/h3-10H,11H2,1-2H3,(H,19,22). The van der Waals surface area contributed by atoms with Gasteiger partial charge in [0.2, 0.25) is 0 Å². The van der Waals surface area contributed by atoms with Crippen LogP contribution in [0.15, 0.2) is 48.5 Å². The molecule has 0 saturated carbocycles. The first-order valence-electron chi connectivity index (χ1n) is 6.96. The first kappa shape index (κ1) is 17.0. The molecule has 0 saturated heterocycles. The molecule has 0 radical (unpaired) electrons. The Labute approximate surface area is 139 Å². The van der Waals surface area contributed by atoms with E-state index in [4.69, 9.17) is 16.3 Å². The highest BCUT2D eigenvalue weighted by molar-refractivity contribution is 6.30. The number of ketones is 1. The van der Waals surface area contributed by atoms with Crippen LogP contribution in [0.5, 0.6) is 5.75 Å². The number of Topliss-reactive ketones (excluding diaryl/α,β-unsaturated/α-hetero) is 1. The van der Waals surface area contributed by atoms with E-state index in [0.29, 0.717) is 28.6 Å². The molecule has 1 N–H and O–H groups in total. The molecule has 0 aliphatic carbocycles. The number of carbonyl (C=O) groups excluding carboxylic acids is 2. The Morgan fingerprint density at radius 3 is 2.22 bits per heavy atom. The smallest absolute Gasteiger partial charge is 0.410 e. The Kier molecular flexibility index (Phi) is 5.73. The Morgan fingerprint density at radius 2 is 1.65 bits per heavy atom. The first-order chi connectivity index (χ1) is 10.9. The predicted octanol–water partition coefficient (Wildman–Crippen LogP) is 3.70. The third-order valence-electron chi connectivity index (χ3n) is 2.94. The molecule has 1 amide bonds. The molecule has 0 unspecified atom stereocenters. The predicted molar refractivity (Wildman–Crippen MR) is 90.4 cm³/mol. The number of hydrogen-bond donors (Lipinski definition) is 1. The van der Waals surface area contributed by atoms with Crippen molar-refractivity contribution in [3.05, 3.63) is 59.1 Å². The van der Waals surface area contributed by atoms with Gasteiger partial charge in [-0.05, 0) is 62.6 Å². The molecule has 0 spiro atoms. The number of rotatable bonds is 5. The van der Waals surface area contributed by atoms with Gasteiger partial charge < -0.3 is 9.64 Å². The van der Waals surface area contributed by atoms with Crippen LogP contribution in [0, 0.1) is 0 Å². The molecule has 120 valence electrons. The first-order valence-corrected chi connectivity index (χ1v) is 7.34. The Hall–Kier alpha value is -2.37. The Bertz CT molecular complexity index is 682. The third kappa shape index (κ3) is 5.39. The molecular weight excluding hydrogens is 316 g/mol. The maximum absolute atomic E-state index is 11.9. The van der Waals surface area contributed by atoms with E-state index < -0.39 is 6.09 Å². The molecule has 0 bridgehead atoms. The number of ether oxygens (including phenoxy) is 1. The molecule has 0 aliphatic rings. The molecule has 2 aromatic rings. The van der Waals surface area contributed by atoms with Crippen molar-refractivity contribution in [3.63, 3.8) is 0 Å². The van der Waals surface area contributed by atoms with Gasteiger partial charge in [0, 0.05) is 16.3 Å². The fourth-order valence-electron chi connectivity index (χ4n) is 1.87. The number of anilines is 1. The highest BCUT2D eigenvalue weighted by Gasteiger charge is 2.09. The summed E-state index contributed by atoms with van der Waals surface area (Å²) in [5.74, 6) is 0.366. The number of nitrogens with zero attached hydrogens (tertiary/aromatic N) is 1. The summed E-state index contributed by atoms with van der Waals surface area (Å²) < 4.78 is 5.16. The molecule has 0 heterocycles. The molecule has 2 rings (SSSR count). The zero-order valence-electron chi connectivity index (χ0n) is 12.9. The van der Waals surface area contributed by atoms with Crippen molar-refractivity contribution in [2.45, 2.75) is 0 Å². The number of nitrogens with one attached hydrogen (secondary N) is 1. The lowest BCUT2D eigenvalue weighted by molar-refractivity contribution is 0.0958. The maximum atomic E-state index is 11.9. The minimum atomic E-state index is -0.611. The number of amides is 1. The van der Waals surface area contributed by atoms with Crippen LogP contribution < -0.4 is 10.1 Å². The van der Waals surface area contributed by atoms with Crippen LogP contribution in [-0.2, 0) is 0 Å². The van der Waals surface area contributed by atoms with Crippen LogP contribution in [0.3, 0.4) is 0 Å². The normalized spacial score (nSPS) is 10.4. The zero-order chi connectivity index (χ0) is 16.8. The van der Waals surface area contributed by atoms with E-state index in [0.717, 1.165) is 0 Å². The van der Waals surface area contributed by atoms with Gasteiger partial charge in [-0.1, -0.05) is 11.6 Å². The average Bonchev–Trinajstić information content (AvgIpc) is 2.49. The second-order valence-corrected chi connectivity index (χ2v) is 5.64. The molecule has 6 heteroatoms. The molecule has 0 atom stereocenters. The Balaban J connectivity index is 1.93. The van der Waals surface area contributed by atoms with Crippen molar-refractivity contribution >= 4 is 29.2 Å². The fourth-order valence-corrected chi connectivity index (χ4v) is 2.00. The summed E-state index contributed by atoms with van der Waals surface area (Å²) in [7, 11) is 3.66. The average molecular weight is 333 g/mol. The van der Waals surface area contributed by atoms with Crippen molar-refractivity contribution in [2.75, 3.05) is 26.0 Å². The fraction of sp³-hybridized carbons (Fsp3) is 0.176. The quantitative estimate of drug-likeness (QED) is 0.848. The molecule has 2 aromatic carbocycles. The van der Waals surface area contributed by atoms with Gasteiger partial charge in [-0.25, -0.2) is 4.79 Å². The van der Waals surface area contributed by atoms with Crippen LogP contribution in [0.1, 0.15) is 10.4 Å². The van der Waals surface area contributed by atoms with Crippen molar-refractivity contribution in [2.24, 2.45) is 0 Å². The minimum Gasteiger partial charge on any atom is -0.410 e. The van der Waals surface area contributed by atoms with E-state index in [-0.39, 0.29) is 5.78 Å². The third-order valence-corrected chi connectivity index (χ3v) is 3.19. The zero-order valence-corrected chi connectivity index (χ0v) is 13.6. The molecule has 0 aromatic heterocycles. The van der Waals surface area contributed by atoms with Gasteiger partial charge in [-0.3, -0.25) is 10.1 Å². The highest BCUT2D eigenvalue weighted by atomic mass is 35.5. The van der Waals surface area contributed by atoms with Gasteiger partial charge in [-0.2, -0.15) is 0 Å². The number of hydrogen-bond acceptors (Lipinski definition) is 4. The van der Waals surface area contributed by atoms with Gasteiger partial charge in [0.25, 0.3) is 0 Å². The Morgan fingerprint density at radius 1 is 1.04 bits per heavy atom. The van der Waals surface area contributed by atoms with Crippen LogP contribution in [0.2, 0.25) is 5.02 Å². The van der Waals surface area contributed by atoms with E-state index in [9.17, 15) is 9.59 Å². The summed E-state index contributed by atoms with van der Waals surface area (Å²) in [6.07, 6.45) is -0.611. The van der Waals surface area contributed by atoms with Crippen LogP contribution >= 0.6 is 11.6 Å². The number of benzene rings is 2. The maximum Gasteiger partial charge on any atom is 0.417 e. The van der Waals surface area contributed by atoms with Crippen LogP contribution in [-0.4, -0.2) is 37.4 Å². The highest BCUT2D eigenvalue weighted by Crippen LogP contribution is 2.16. The van der Waals surface area contributed by atoms with Crippen molar-refractivity contribution in [1.29, 1.82) is 0 Å². The molecular formula is C17H17ClN2O3. The summed E-state index contributed by atoms with van der Waals surface area (Å²) in [4.78, 5) is 25.5. The number of likely N-dealkylation sites (N-methyl/N-ethyl adjacent to an activating group) is 1. The summed E-state index contributed by atoms with van der Waals surface area (Å²) in [5, 5.41) is 3.17. The molecule has 5 nitrogen and oxygen atoms in total. The van der Waals surface area contributed by atoms with E-state index >= 15 is 0 Å². The molecule has 23 heavy (non-hydrogen) atoms. The second-order valence-electron chi connectivity index (χ2n) is 5.21. The number of halogens is 1. The van der Waals surface area contributed by atoms with Gasteiger partial charge in [0.1, 0.15) is 5.75 Å². The van der Waals surface area contributed by atoms with Crippen LogP contribution in [0.4, 0.5) is 10.5 Å². The molecule has 0 fully saturated rings. The minimum absolute atomic E-state index is 0.00663. The largest absolute Gasteiger partial charge is 0.417 e. The van der Waals surface area contributed by atoms with Crippen LogP contribution in [0.25, 0.3) is 0 Å². The summed E-state index contributed by atoms with van der Waals surface area (Å²) in [6, 6.07) is 13.1. The SMILES string of the molecule is CN(C)CC(=O)c1ccc(OC(=O)Nc2ccc(Cl)cc2)cc1. The summed E-state index contributed by atoms with van der Waals surface area (Å²) in [6.45, 7) is 0.331. The van der Waals surface area contributed by atoms with Gasteiger partial charge in [-0.15, -0.1) is 0 Å². The summed E-state index contributed by atoms with van der Waals surface area (Å²) in [5.41, 5.74) is 1.15.